The number of aryl methyl sites for hydroxylation is 1. The van der Waals surface area contributed by atoms with Crippen molar-refractivity contribution in [2.45, 2.75) is 64.5 Å². The topological polar surface area (TPSA) is 173 Å². The number of esters is 1. The van der Waals surface area contributed by atoms with Crippen molar-refractivity contribution in [1.82, 2.24) is 15.6 Å². The first-order valence-electron chi connectivity index (χ1n) is 18.7. The molecule has 0 unspecified atom stereocenters. The Morgan fingerprint density at radius 2 is 1.60 bits per heavy atom. The number of hydrogen-bond donors (Lipinski definition) is 3. The highest BCUT2D eigenvalue weighted by Gasteiger charge is 2.33. The van der Waals surface area contributed by atoms with Crippen LogP contribution in [-0.2, 0) is 32.5 Å². The minimum Gasteiger partial charge on any atom is -0.464 e. The summed E-state index contributed by atoms with van der Waals surface area (Å²) < 4.78 is 40.7. The smallest absolute Gasteiger partial charge is 0.407 e. The van der Waals surface area contributed by atoms with Crippen LogP contribution in [-0.4, -0.2) is 63.1 Å². The molecule has 13 nitrogen and oxygen atoms in total. The number of aromatic nitrogens is 1. The molecule has 3 N–H and O–H groups in total. The Kier molecular flexibility index (Phi) is 12.3. The number of rotatable bonds is 11. The number of sulfonamides is 1. The van der Waals surface area contributed by atoms with E-state index >= 15 is 0 Å². The highest BCUT2D eigenvalue weighted by atomic mass is 32.2. The lowest BCUT2D eigenvalue weighted by Gasteiger charge is -2.26. The number of benzene rings is 3. The standard InChI is InChI=1S/C43H45N5O8S2/c1-7-20-44-40(50)35-17-16-31(37(47-35)41(51)55-6)32-24-36-34(38-28(19-22-57-38)18-21-48(36)58(53,54)30-14-8-26(2)9-15-30)23-33(32)39(49)46-29-12-10-27(11-13-29)25-45-42(52)56-43(3,4)5/h8-17,19,22-24H,7,18,20-21,25H2,1-6H3,(H,44,50)(H,45,52)(H,46,49). The Balaban J connectivity index is 1.49. The number of ether oxygens (including phenoxy) is 2. The third-order valence-electron chi connectivity index (χ3n) is 9.21. The molecule has 3 amide bonds. The molecule has 1 aliphatic rings. The Bertz CT molecular complexity index is 2470. The van der Waals surface area contributed by atoms with E-state index in [1.54, 1.807) is 81.4 Å². The number of thiophene rings is 1. The van der Waals surface area contributed by atoms with E-state index in [0.717, 1.165) is 21.6 Å². The molecule has 1 aliphatic heterocycles. The molecule has 15 heteroatoms. The van der Waals surface area contributed by atoms with Crippen LogP contribution in [0.3, 0.4) is 0 Å². The van der Waals surface area contributed by atoms with Crippen LogP contribution in [0.2, 0.25) is 0 Å². The second-order valence-electron chi connectivity index (χ2n) is 14.7. The SMILES string of the molecule is CCCNC(=O)c1ccc(-c2cc3c(cc2C(=O)Nc2ccc(CNC(=O)OC(C)(C)C)cc2)-c2sccc2CCN3S(=O)(=O)c2ccc(C)cc2)c(C(=O)OC)n1. The van der Waals surface area contributed by atoms with Gasteiger partial charge in [-0.15, -0.1) is 11.3 Å². The molecule has 3 aromatic carbocycles. The van der Waals surface area contributed by atoms with Crippen LogP contribution in [0.15, 0.2) is 89.1 Å². The van der Waals surface area contributed by atoms with Gasteiger partial charge in [0.05, 0.1) is 17.7 Å². The monoisotopic (exact) mass is 823 g/mol. The van der Waals surface area contributed by atoms with E-state index in [2.05, 4.69) is 20.9 Å². The van der Waals surface area contributed by atoms with E-state index in [-0.39, 0.29) is 46.1 Å². The van der Waals surface area contributed by atoms with E-state index < -0.39 is 39.5 Å². The molecule has 2 aromatic heterocycles. The molecule has 0 saturated carbocycles. The number of amides is 3. The molecule has 0 atom stereocenters. The maximum Gasteiger partial charge on any atom is 0.407 e. The van der Waals surface area contributed by atoms with Crippen molar-refractivity contribution in [2.24, 2.45) is 0 Å². The normalized spacial score (nSPS) is 12.4. The molecule has 0 aliphatic carbocycles. The van der Waals surface area contributed by atoms with Crippen LogP contribution >= 0.6 is 11.3 Å². The zero-order valence-electron chi connectivity index (χ0n) is 33.1. The van der Waals surface area contributed by atoms with Crippen LogP contribution in [0, 0.1) is 6.92 Å². The van der Waals surface area contributed by atoms with Crippen molar-refractivity contribution >= 4 is 56.6 Å². The zero-order chi connectivity index (χ0) is 41.8. The summed E-state index contributed by atoms with van der Waals surface area (Å²) in [4.78, 5) is 58.4. The van der Waals surface area contributed by atoms with E-state index in [1.807, 2.05) is 25.3 Å². The third kappa shape index (κ3) is 9.21. The van der Waals surface area contributed by atoms with Gasteiger partial charge >= 0.3 is 12.1 Å². The van der Waals surface area contributed by atoms with Crippen LogP contribution in [0.5, 0.6) is 0 Å². The average molecular weight is 824 g/mol. The predicted molar refractivity (Wildman–Crippen MR) is 224 cm³/mol. The lowest BCUT2D eigenvalue weighted by atomic mass is 9.93. The van der Waals surface area contributed by atoms with E-state index in [0.29, 0.717) is 36.3 Å². The van der Waals surface area contributed by atoms with Gasteiger partial charge in [0.15, 0.2) is 5.69 Å². The maximum atomic E-state index is 14.5. The number of fused-ring (bicyclic) bond motifs is 3. The Hall–Kier alpha value is -6.06. The minimum absolute atomic E-state index is 0.0357. The van der Waals surface area contributed by atoms with Crippen molar-refractivity contribution in [2.75, 3.05) is 29.8 Å². The maximum absolute atomic E-state index is 14.5. The highest BCUT2D eigenvalue weighted by Crippen LogP contribution is 2.45. The van der Waals surface area contributed by atoms with Crippen LogP contribution in [0.4, 0.5) is 16.2 Å². The van der Waals surface area contributed by atoms with Crippen molar-refractivity contribution in [3.05, 3.63) is 118 Å². The molecule has 6 rings (SSSR count). The molecule has 0 radical (unpaired) electrons. The van der Waals surface area contributed by atoms with Gasteiger partial charge in [-0.25, -0.2) is 23.0 Å². The number of nitrogens with zero attached hydrogens (tertiary/aromatic N) is 2. The number of hydrogen-bond acceptors (Lipinski definition) is 10. The van der Waals surface area contributed by atoms with Crippen LogP contribution in [0.25, 0.3) is 21.6 Å². The van der Waals surface area contributed by atoms with E-state index in [4.69, 9.17) is 9.47 Å². The van der Waals surface area contributed by atoms with Gasteiger partial charge in [0.1, 0.15) is 11.3 Å². The Morgan fingerprint density at radius 3 is 2.28 bits per heavy atom. The highest BCUT2D eigenvalue weighted by molar-refractivity contribution is 7.92. The number of nitrogens with one attached hydrogen (secondary N) is 3. The van der Waals surface area contributed by atoms with Gasteiger partial charge in [-0.1, -0.05) is 36.8 Å². The summed E-state index contributed by atoms with van der Waals surface area (Å²) in [5.74, 6) is -1.92. The first kappa shape index (κ1) is 41.6. The van der Waals surface area contributed by atoms with Crippen molar-refractivity contribution in [3.8, 4) is 21.6 Å². The van der Waals surface area contributed by atoms with Crippen molar-refractivity contribution in [1.29, 1.82) is 0 Å². The van der Waals surface area contributed by atoms with Crippen molar-refractivity contribution < 1.29 is 37.1 Å². The van der Waals surface area contributed by atoms with Crippen LogP contribution in [0.1, 0.15) is 82.1 Å². The van der Waals surface area contributed by atoms with Crippen molar-refractivity contribution in [3.63, 3.8) is 0 Å². The van der Waals surface area contributed by atoms with E-state index in [1.165, 1.54) is 34.9 Å². The molecule has 0 bridgehead atoms. The van der Waals surface area contributed by atoms with Gasteiger partial charge in [0.2, 0.25) is 0 Å². The summed E-state index contributed by atoms with van der Waals surface area (Å²) in [6.45, 7) is 9.79. The molecule has 5 aromatic rings. The minimum atomic E-state index is -4.13. The van der Waals surface area contributed by atoms with Gasteiger partial charge in [0, 0.05) is 46.9 Å². The number of carbonyl (C=O) groups excluding carboxylic acids is 4. The first-order valence-corrected chi connectivity index (χ1v) is 21.0. The summed E-state index contributed by atoms with van der Waals surface area (Å²) in [6.07, 6.45) is 0.525. The average Bonchev–Trinajstić information content (AvgIpc) is 3.60. The van der Waals surface area contributed by atoms with Gasteiger partial charge < -0.3 is 25.4 Å². The summed E-state index contributed by atoms with van der Waals surface area (Å²) in [6, 6.07) is 21.6. The van der Waals surface area contributed by atoms with Crippen LogP contribution < -0.4 is 20.3 Å². The largest absolute Gasteiger partial charge is 0.464 e. The lowest BCUT2D eigenvalue weighted by molar-refractivity contribution is 0.0522. The summed E-state index contributed by atoms with van der Waals surface area (Å²) in [5.41, 5.74) is 3.35. The number of alkyl carbamates (subject to hydrolysis) is 1. The number of pyridine rings is 1. The Labute approximate surface area is 341 Å². The molecule has 0 saturated heterocycles. The fourth-order valence-corrected chi connectivity index (χ4v) is 8.82. The Morgan fingerprint density at radius 1 is 0.879 bits per heavy atom. The second kappa shape index (κ2) is 17.2. The number of methoxy groups -OCH3 is 1. The predicted octanol–water partition coefficient (Wildman–Crippen LogP) is 7.74. The molecule has 0 spiro atoms. The summed E-state index contributed by atoms with van der Waals surface area (Å²) in [7, 11) is -2.95. The second-order valence-corrected chi connectivity index (χ2v) is 17.5. The first-order chi connectivity index (χ1) is 27.6. The fourth-order valence-electron chi connectivity index (χ4n) is 6.36. The molecular weight excluding hydrogens is 779 g/mol. The zero-order valence-corrected chi connectivity index (χ0v) is 34.7. The molecule has 58 heavy (non-hydrogen) atoms. The molecule has 3 heterocycles. The number of carbonyl (C=O) groups is 4. The quantitative estimate of drug-likeness (QED) is 0.113. The fraction of sp³-hybridized carbons (Fsp3) is 0.279. The van der Waals surface area contributed by atoms with E-state index in [9.17, 15) is 27.6 Å². The summed E-state index contributed by atoms with van der Waals surface area (Å²) in [5, 5.41) is 10.3. The van der Waals surface area contributed by atoms with Gasteiger partial charge in [-0.05, 0) is 117 Å². The molecule has 0 fully saturated rings. The summed E-state index contributed by atoms with van der Waals surface area (Å²) >= 11 is 1.43. The molecule has 302 valence electrons. The molecular formula is C43H45N5O8S2. The van der Waals surface area contributed by atoms with Gasteiger partial charge in [0.25, 0.3) is 21.8 Å². The third-order valence-corrected chi connectivity index (χ3v) is 12.0. The van der Waals surface area contributed by atoms with Gasteiger partial charge in [-0.3, -0.25) is 13.9 Å². The number of anilines is 2. The van der Waals surface area contributed by atoms with Gasteiger partial charge in [-0.2, -0.15) is 0 Å². The lowest BCUT2D eigenvalue weighted by Crippen LogP contribution is -2.33.